The topological polar surface area (TPSA) is 59.6 Å². The molecule has 104 valence electrons. The van der Waals surface area contributed by atoms with Crippen molar-refractivity contribution in [1.29, 1.82) is 0 Å². The molecule has 19 heavy (non-hydrogen) atoms. The van der Waals surface area contributed by atoms with Crippen molar-refractivity contribution in [2.45, 2.75) is 19.4 Å². The number of carbonyl (C=O) groups excluding carboxylic acids is 1. The summed E-state index contributed by atoms with van der Waals surface area (Å²) in [5, 5.41) is 6.17. The Hall–Kier alpha value is -1.75. The lowest BCUT2D eigenvalue weighted by atomic mass is 10.0. The first-order valence-electron chi connectivity index (χ1n) is 6.34. The van der Waals surface area contributed by atoms with Crippen LogP contribution in [0.3, 0.4) is 0 Å². The second kappa shape index (κ2) is 5.48. The van der Waals surface area contributed by atoms with E-state index >= 15 is 0 Å². The van der Waals surface area contributed by atoms with Crippen molar-refractivity contribution in [3.05, 3.63) is 23.8 Å². The Morgan fingerprint density at radius 2 is 2.32 bits per heavy atom. The normalized spacial score (nSPS) is 14.1. The van der Waals surface area contributed by atoms with Crippen molar-refractivity contribution < 1.29 is 14.3 Å². The van der Waals surface area contributed by atoms with E-state index in [1.165, 1.54) is 0 Å². The first-order valence-corrected chi connectivity index (χ1v) is 6.34. The molecule has 1 heterocycles. The van der Waals surface area contributed by atoms with Gasteiger partial charge in [0.25, 0.3) is 5.91 Å². The summed E-state index contributed by atoms with van der Waals surface area (Å²) in [7, 11) is 1.62. The Balaban J connectivity index is 2.20. The smallest absolute Gasteiger partial charge is 0.255 e. The molecule has 2 N–H and O–H groups in total. The highest BCUT2D eigenvalue weighted by molar-refractivity contribution is 5.99. The minimum atomic E-state index is -0.420. The van der Waals surface area contributed by atoms with Gasteiger partial charge in [0.1, 0.15) is 6.61 Å². The summed E-state index contributed by atoms with van der Waals surface area (Å²) >= 11 is 0. The lowest BCUT2D eigenvalue weighted by Crippen LogP contribution is -2.47. The summed E-state index contributed by atoms with van der Waals surface area (Å²) in [6.07, 6.45) is 0. The van der Waals surface area contributed by atoms with Crippen LogP contribution in [0.5, 0.6) is 5.75 Å². The summed E-state index contributed by atoms with van der Waals surface area (Å²) in [5.74, 6) is 0.474. The van der Waals surface area contributed by atoms with Gasteiger partial charge in [-0.05, 0) is 26.0 Å². The third-order valence-corrected chi connectivity index (χ3v) is 2.88. The molecule has 0 spiro atoms. The fraction of sp³-hybridized carbons (Fsp3) is 0.500. The van der Waals surface area contributed by atoms with Crippen LogP contribution in [-0.4, -0.2) is 38.3 Å². The van der Waals surface area contributed by atoms with E-state index in [0.717, 1.165) is 12.2 Å². The fourth-order valence-corrected chi connectivity index (χ4v) is 2.12. The van der Waals surface area contributed by atoms with Gasteiger partial charge in [0.2, 0.25) is 0 Å². The zero-order valence-corrected chi connectivity index (χ0v) is 11.6. The van der Waals surface area contributed by atoms with Crippen LogP contribution in [0.1, 0.15) is 24.2 Å². The summed E-state index contributed by atoms with van der Waals surface area (Å²) in [4.78, 5) is 12.3. The highest BCUT2D eigenvalue weighted by atomic mass is 16.5. The second-order valence-electron chi connectivity index (χ2n) is 5.23. The van der Waals surface area contributed by atoms with E-state index in [0.29, 0.717) is 24.5 Å². The van der Waals surface area contributed by atoms with Gasteiger partial charge < -0.3 is 20.1 Å². The molecule has 0 aromatic heterocycles. The molecule has 5 nitrogen and oxygen atoms in total. The first kappa shape index (κ1) is 13.7. The Labute approximate surface area is 113 Å². The molecule has 1 amide bonds. The van der Waals surface area contributed by atoms with E-state index in [2.05, 4.69) is 10.6 Å². The van der Waals surface area contributed by atoms with Crippen molar-refractivity contribution in [3.8, 4) is 5.75 Å². The lowest BCUT2D eigenvalue weighted by molar-refractivity contribution is 0.0816. The molecule has 0 saturated carbocycles. The number of nitrogens with one attached hydrogen (secondary N) is 2. The van der Waals surface area contributed by atoms with Crippen molar-refractivity contribution in [2.24, 2.45) is 0 Å². The van der Waals surface area contributed by atoms with E-state index < -0.39 is 5.54 Å². The summed E-state index contributed by atoms with van der Waals surface area (Å²) in [6.45, 7) is 5.62. The number of rotatable bonds is 4. The van der Waals surface area contributed by atoms with E-state index in [1.807, 2.05) is 26.0 Å². The van der Waals surface area contributed by atoms with E-state index in [9.17, 15) is 4.79 Å². The second-order valence-corrected chi connectivity index (χ2v) is 5.23. The Morgan fingerprint density at radius 3 is 3.05 bits per heavy atom. The highest BCUT2D eigenvalue weighted by Crippen LogP contribution is 2.31. The van der Waals surface area contributed by atoms with Crippen LogP contribution < -0.4 is 15.4 Å². The minimum Gasteiger partial charge on any atom is -0.489 e. The number of para-hydroxylation sites is 1. The van der Waals surface area contributed by atoms with Crippen LogP contribution >= 0.6 is 0 Å². The van der Waals surface area contributed by atoms with Crippen LogP contribution in [0.15, 0.2) is 18.2 Å². The Kier molecular flexibility index (Phi) is 3.95. The first-order chi connectivity index (χ1) is 9.03. The number of fused-ring (bicyclic) bond motifs is 1. The molecule has 1 aromatic carbocycles. The molecule has 2 rings (SSSR count). The maximum absolute atomic E-state index is 12.3. The third-order valence-electron chi connectivity index (χ3n) is 2.88. The standard InChI is InChI=1S/C14H20N2O3/c1-14(2,9-18-3)16-13(17)10-5-4-6-11-12(10)19-8-7-15-11/h4-6,15H,7-9H2,1-3H3,(H,16,17). The molecule has 1 aliphatic heterocycles. The molecule has 1 aliphatic rings. The molecule has 0 bridgehead atoms. The minimum absolute atomic E-state index is 0.150. The molecular formula is C14H20N2O3. The van der Waals surface area contributed by atoms with Gasteiger partial charge in [-0.3, -0.25) is 4.79 Å². The Bertz CT molecular complexity index is 472. The molecule has 0 atom stereocenters. The quantitative estimate of drug-likeness (QED) is 0.868. The monoisotopic (exact) mass is 264 g/mol. The predicted octanol–water partition coefficient (Wildman–Crippen LogP) is 1.65. The number of ether oxygens (including phenoxy) is 2. The number of amides is 1. The molecule has 0 radical (unpaired) electrons. The third kappa shape index (κ3) is 3.17. The molecule has 0 saturated heterocycles. The van der Waals surface area contributed by atoms with E-state index in [4.69, 9.17) is 9.47 Å². The van der Waals surface area contributed by atoms with Crippen LogP contribution in [-0.2, 0) is 4.74 Å². The molecule has 0 aliphatic carbocycles. The summed E-state index contributed by atoms with van der Waals surface area (Å²) in [6, 6.07) is 5.52. The van der Waals surface area contributed by atoms with Crippen molar-refractivity contribution in [3.63, 3.8) is 0 Å². The summed E-state index contributed by atoms with van der Waals surface area (Å²) in [5.41, 5.74) is 0.994. The van der Waals surface area contributed by atoms with Gasteiger partial charge in [-0.1, -0.05) is 6.07 Å². The summed E-state index contributed by atoms with van der Waals surface area (Å²) < 4.78 is 10.7. The van der Waals surface area contributed by atoms with Crippen LogP contribution in [0, 0.1) is 0 Å². The SMILES string of the molecule is COCC(C)(C)NC(=O)c1cccc2c1OCCN2. The molecule has 5 heteroatoms. The van der Waals surface area contributed by atoms with Gasteiger partial charge in [-0.25, -0.2) is 0 Å². The fourth-order valence-electron chi connectivity index (χ4n) is 2.12. The zero-order valence-electron chi connectivity index (χ0n) is 11.6. The highest BCUT2D eigenvalue weighted by Gasteiger charge is 2.24. The molecule has 1 aromatic rings. The van der Waals surface area contributed by atoms with E-state index in [1.54, 1.807) is 13.2 Å². The number of anilines is 1. The van der Waals surface area contributed by atoms with Crippen LogP contribution in [0.2, 0.25) is 0 Å². The van der Waals surface area contributed by atoms with Crippen LogP contribution in [0.4, 0.5) is 5.69 Å². The molecular weight excluding hydrogens is 244 g/mol. The van der Waals surface area contributed by atoms with Gasteiger partial charge >= 0.3 is 0 Å². The largest absolute Gasteiger partial charge is 0.489 e. The number of carbonyl (C=O) groups is 1. The lowest BCUT2D eigenvalue weighted by Gasteiger charge is -2.27. The van der Waals surface area contributed by atoms with Crippen molar-refractivity contribution in [1.82, 2.24) is 5.32 Å². The number of hydrogen-bond acceptors (Lipinski definition) is 4. The van der Waals surface area contributed by atoms with Gasteiger partial charge in [-0.15, -0.1) is 0 Å². The maximum atomic E-state index is 12.3. The number of hydrogen-bond donors (Lipinski definition) is 2. The van der Waals surface area contributed by atoms with Crippen LogP contribution in [0.25, 0.3) is 0 Å². The number of benzene rings is 1. The van der Waals surface area contributed by atoms with Gasteiger partial charge in [0, 0.05) is 13.7 Å². The van der Waals surface area contributed by atoms with Gasteiger partial charge in [0.15, 0.2) is 5.75 Å². The average Bonchev–Trinajstić information content (AvgIpc) is 2.37. The van der Waals surface area contributed by atoms with E-state index in [-0.39, 0.29) is 5.91 Å². The van der Waals surface area contributed by atoms with Gasteiger partial charge in [0.05, 0.1) is 23.4 Å². The van der Waals surface area contributed by atoms with Gasteiger partial charge in [-0.2, -0.15) is 0 Å². The maximum Gasteiger partial charge on any atom is 0.255 e. The average molecular weight is 264 g/mol. The molecule has 0 fully saturated rings. The zero-order chi connectivity index (χ0) is 13.9. The number of methoxy groups -OCH3 is 1. The van der Waals surface area contributed by atoms with Crippen molar-refractivity contribution in [2.75, 3.05) is 32.2 Å². The Morgan fingerprint density at radius 1 is 1.53 bits per heavy atom. The molecule has 0 unspecified atom stereocenters. The predicted molar refractivity (Wildman–Crippen MR) is 73.8 cm³/mol. The van der Waals surface area contributed by atoms with Crippen molar-refractivity contribution >= 4 is 11.6 Å².